The molecule has 0 spiro atoms. The van der Waals surface area contributed by atoms with Gasteiger partial charge in [-0.25, -0.2) is 0 Å². The summed E-state index contributed by atoms with van der Waals surface area (Å²) in [6.07, 6.45) is 1.09. The van der Waals surface area contributed by atoms with Crippen LogP contribution in [0.15, 0.2) is 42.7 Å². The van der Waals surface area contributed by atoms with Crippen LogP contribution in [-0.2, 0) is 5.60 Å². The Morgan fingerprint density at radius 1 is 1.25 bits per heavy atom. The van der Waals surface area contributed by atoms with Gasteiger partial charge in [-0.2, -0.15) is 9.61 Å². The van der Waals surface area contributed by atoms with E-state index < -0.39 is 11.7 Å². The van der Waals surface area contributed by atoms with Crippen LogP contribution in [-0.4, -0.2) is 49.2 Å². The van der Waals surface area contributed by atoms with Gasteiger partial charge in [0.05, 0.1) is 11.4 Å². The standard InChI is InChI=1S/C17H19N5O2/c1-12-9-14(16-19-18-11-22(16)20-12)21-8-7-17(24,15(23)10-21)13-5-3-2-4-6-13/h2-6,9,11,15,23-24H,7-8,10H2,1H3/t15-,17-/m0/s1. The van der Waals surface area contributed by atoms with Gasteiger partial charge in [0.2, 0.25) is 5.65 Å². The van der Waals surface area contributed by atoms with Crippen molar-refractivity contribution in [3.63, 3.8) is 0 Å². The molecule has 1 fully saturated rings. The minimum absolute atomic E-state index is 0.317. The second-order valence-electron chi connectivity index (χ2n) is 6.27. The molecule has 3 aromatic rings. The number of β-amino-alcohol motifs (C(OH)–C–C–N with tert-alkyl or cyclic N) is 1. The first-order valence-electron chi connectivity index (χ1n) is 7.96. The number of benzene rings is 1. The Kier molecular flexibility index (Phi) is 3.47. The van der Waals surface area contributed by atoms with Crippen molar-refractivity contribution in [2.24, 2.45) is 0 Å². The average Bonchev–Trinajstić information content (AvgIpc) is 3.06. The van der Waals surface area contributed by atoms with Gasteiger partial charge >= 0.3 is 0 Å². The number of hydrogen-bond donors (Lipinski definition) is 2. The van der Waals surface area contributed by atoms with Crippen LogP contribution < -0.4 is 4.90 Å². The zero-order chi connectivity index (χ0) is 16.7. The van der Waals surface area contributed by atoms with Crippen LogP contribution in [0.2, 0.25) is 0 Å². The molecule has 24 heavy (non-hydrogen) atoms. The maximum Gasteiger partial charge on any atom is 0.200 e. The van der Waals surface area contributed by atoms with Crippen LogP contribution in [0.25, 0.3) is 5.65 Å². The van der Waals surface area contributed by atoms with Crippen molar-refractivity contribution in [3.8, 4) is 0 Å². The molecule has 124 valence electrons. The van der Waals surface area contributed by atoms with Gasteiger partial charge in [-0.15, -0.1) is 10.2 Å². The summed E-state index contributed by atoms with van der Waals surface area (Å²) in [6.45, 7) is 2.83. The Morgan fingerprint density at radius 2 is 2.04 bits per heavy atom. The molecule has 1 aromatic carbocycles. The largest absolute Gasteiger partial charge is 0.388 e. The third-order valence-electron chi connectivity index (χ3n) is 4.69. The molecular formula is C17H19N5O2. The highest BCUT2D eigenvalue weighted by Gasteiger charge is 2.42. The Bertz CT molecular complexity index is 866. The van der Waals surface area contributed by atoms with E-state index in [9.17, 15) is 10.2 Å². The summed E-state index contributed by atoms with van der Waals surface area (Å²) in [6, 6.07) is 11.3. The quantitative estimate of drug-likeness (QED) is 0.728. The van der Waals surface area contributed by atoms with Gasteiger partial charge in [0, 0.05) is 19.5 Å². The molecule has 1 aliphatic rings. The number of piperidine rings is 1. The Labute approximate surface area is 139 Å². The number of aryl methyl sites for hydroxylation is 1. The molecule has 0 unspecified atom stereocenters. The van der Waals surface area contributed by atoms with Crippen LogP contribution in [0, 0.1) is 6.92 Å². The fourth-order valence-corrected chi connectivity index (χ4v) is 3.37. The third kappa shape index (κ3) is 2.33. The van der Waals surface area contributed by atoms with Gasteiger partial charge in [-0.1, -0.05) is 30.3 Å². The maximum absolute atomic E-state index is 11.0. The number of fused-ring (bicyclic) bond motifs is 1. The zero-order valence-corrected chi connectivity index (χ0v) is 13.4. The van der Waals surface area contributed by atoms with Crippen LogP contribution in [0.3, 0.4) is 0 Å². The van der Waals surface area contributed by atoms with Crippen molar-refractivity contribution >= 4 is 11.3 Å². The van der Waals surface area contributed by atoms with Gasteiger partial charge in [-0.3, -0.25) is 0 Å². The molecule has 1 aliphatic heterocycles. The Hall–Kier alpha value is -2.51. The van der Waals surface area contributed by atoms with Crippen molar-refractivity contribution in [3.05, 3.63) is 54.0 Å². The number of anilines is 1. The number of nitrogens with zero attached hydrogens (tertiary/aromatic N) is 5. The van der Waals surface area contributed by atoms with Gasteiger partial charge in [0.1, 0.15) is 18.0 Å². The van der Waals surface area contributed by atoms with Crippen LogP contribution in [0.1, 0.15) is 17.7 Å². The fraction of sp³-hybridized carbons (Fsp3) is 0.353. The first-order chi connectivity index (χ1) is 11.6. The van der Waals surface area contributed by atoms with Gasteiger partial charge < -0.3 is 15.1 Å². The molecule has 2 atom stereocenters. The van der Waals surface area contributed by atoms with E-state index in [2.05, 4.69) is 15.3 Å². The number of hydrogen-bond acceptors (Lipinski definition) is 6. The zero-order valence-electron chi connectivity index (χ0n) is 13.4. The molecule has 1 saturated heterocycles. The van der Waals surface area contributed by atoms with E-state index in [1.54, 1.807) is 10.8 Å². The van der Waals surface area contributed by atoms with E-state index in [-0.39, 0.29) is 0 Å². The fourth-order valence-electron chi connectivity index (χ4n) is 3.37. The van der Waals surface area contributed by atoms with Crippen LogP contribution in [0.5, 0.6) is 0 Å². The van der Waals surface area contributed by atoms with Gasteiger partial charge in [0.15, 0.2) is 0 Å². The molecule has 0 saturated carbocycles. The summed E-state index contributed by atoms with van der Waals surface area (Å²) in [5.41, 5.74) is 1.88. The van der Waals surface area contributed by atoms with Crippen LogP contribution in [0.4, 0.5) is 5.69 Å². The first kappa shape index (κ1) is 15.0. The second-order valence-corrected chi connectivity index (χ2v) is 6.27. The molecule has 0 radical (unpaired) electrons. The minimum atomic E-state index is -1.23. The molecular weight excluding hydrogens is 306 g/mol. The smallest absolute Gasteiger partial charge is 0.200 e. The lowest BCUT2D eigenvalue weighted by Crippen LogP contribution is -2.53. The highest BCUT2D eigenvalue weighted by Crippen LogP contribution is 2.35. The Morgan fingerprint density at radius 3 is 2.79 bits per heavy atom. The predicted octanol–water partition coefficient (Wildman–Crippen LogP) is 0.892. The molecule has 0 aliphatic carbocycles. The molecule has 2 N–H and O–H groups in total. The van der Waals surface area contributed by atoms with E-state index in [0.29, 0.717) is 25.2 Å². The Balaban J connectivity index is 1.66. The van der Waals surface area contributed by atoms with Crippen molar-refractivity contribution in [2.75, 3.05) is 18.0 Å². The summed E-state index contributed by atoms with van der Waals surface area (Å²) >= 11 is 0. The van der Waals surface area contributed by atoms with Crippen molar-refractivity contribution < 1.29 is 10.2 Å². The van der Waals surface area contributed by atoms with Crippen molar-refractivity contribution in [1.29, 1.82) is 0 Å². The molecule has 0 bridgehead atoms. The molecule has 3 heterocycles. The predicted molar refractivity (Wildman–Crippen MR) is 88.7 cm³/mol. The number of aliphatic hydroxyl groups is 2. The molecule has 0 amide bonds. The summed E-state index contributed by atoms with van der Waals surface area (Å²) < 4.78 is 1.63. The molecule has 7 heteroatoms. The number of rotatable bonds is 2. The van der Waals surface area contributed by atoms with E-state index in [1.165, 1.54) is 0 Å². The highest BCUT2D eigenvalue weighted by molar-refractivity contribution is 5.68. The lowest BCUT2D eigenvalue weighted by atomic mass is 9.82. The SMILES string of the molecule is Cc1cc(N2CC[C@](O)(c3ccccc3)[C@@H](O)C2)c2nncn2n1. The van der Waals surface area contributed by atoms with Crippen LogP contribution >= 0.6 is 0 Å². The summed E-state index contributed by atoms with van der Waals surface area (Å²) in [5, 5.41) is 34.0. The summed E-state index contributed by atoms with van der Waals surface area (Å²) in [7, 11) is 0. The van der Waals surface area contributed by atoms with Gasteiger partial charge in [0.25, 0.3) is 0 Å². The molecule has 2 aromatic heterocycles. The second kappa shape index (κ2) is 5.54. The van der Waals surface area contributed by atoms with Crippen molar-refractivity contribution in [2.45, 2.75) is 25.0 Å². The normalized spacial score (nSPS) is 24.5. The topological polar surface area (TPSA) is 86.8 Å². The average molecular weight is 325 g/mol. The first-order valence-corrected chi connectivity index (χ1v) is 7.96. The number of aliphatic hydroxyl groups excluding tert-OH is 1. The number of aromatic nitrogens is 4. The molecule has 4 rings (SSSR count). The van der Waals surface area contributed by atoms with E-state index in [4.69, 9.17) is 0 Å². The third-order valence-corrected chi connectivity index (χ3v) is 4.69. The minimum Gasteiger partial charge on any atom is -0.388 e. The van der Waals surface area contributed by atoms with E-state index in [0.717, 1.165) is 16.9 Å². The summed E-state index contributed by atoms with van der Waals surface area (Å²) in [5.74, 6) is 0. The van der Waals surface area contributed by atoms with E-state index >= 15 is 0 Å². The lowest BCUT2D eigenvalue weighted by Gasteiger charge is -2.43. The lowest BCUT2D eigenvalue weighted by molar-refractivity contribution is -0.0917. The van der Waals surface area contributed by atoms with Gasteiger partial charge in [-0.05, 0) is 18.6 Å². The maximum atomic E-state index is 11.0. The molecule has 7 nitrogen and oxygen atoms in total. The monoisotopic (exact) mass is 325 g/mol. The van der Waals surface area contributed by atoms with E-state index in [1.807, 2.05) is 48.2 Å². The van der Waals surface area contributed by atoms with Crippen molar-refractivity contribution in [1.82, 2.24) is 19.8 Å². The summed E-state index contributed by atoms with van der Waals surface area (Å²) in [4.78, 5) is 2.03. The highest BCUT2D eigenvalue weighted by atomic mass is 16.3.